The number of phenols is 2. The van der Waals surface area contributed by atoms with E-state index in [1.165, 1.54) is 6.42 Å². The van der Waals surface area contributed by atoms with Crippen LogP contribution in [0.2, 0.25) is 0 Å². The Morgan fingerprint density at radius 2 is 1.34 bits per heavy atom. The maximum absolute atomic E-state index is 12.3. The predicted octanol–water partition coefficient (Wildman–Crippen LogP) is 8.16. The van der Waals surface area contributed by atoms with Gasteiger partial charge in [-0.2, -0.15) is 0 Å². The number of nitrogens with one attached hydrogen (secondary N) is 1. The molecule has 6 nitrogen and oxygen atoms in total. The number of ether oxygens (including phenoxy) is 1. The number of hydrogen-bond donors (Lipinski definition) is 4. The molecule has 0 fully saturated rings. The van der Waals surface area contributed by atoms with E-state index in [0.717, 1.165) is 16.7 Å². The maximum Gasteiger partial charge on any atom is 0.308 e. The molecule has 41 heavy (non-hydrogen) atoms. The van der Waals surface area contributed by atoms with E-state index in [2.05, 4.69) is 32.3 Å². The fourth-order valence-electron chi connectivity index (χ4n) is 3.42. The topological polar surface area (TPSA) is 105 Å². The van der Waals surface area contributed by atoms with Crippen LogP contribution in [0.4, 0.5) is 0 Å². The van der Waals surface area contributed by atoms with Crippen LogP contribution in [0.3, 0.4) is 0 Å². The zero-order valence-corrected chi connectivity index (χ0v) is 27.4. The first-order chi connectivity index (χ1) is 19.4. The predicted molar refractivity (Wildman–Crippen MR) is 176 cm³/mol. The van der Waals surface area contributed by atoms with Gasteiger partial charge >= 0.3 is 5.97 Å². The van der Waals surface area contributed by atoms with E-state index < -0.39 is 0 Å². The monoisotopic (exact) mass is 570 g/mol. The van der Waals surface area contributed by atoms with E-state index >= 15 is 0 Å². The minimum Gasteiger partial charge on any atom is -0.508 e. The summed E-state index contributed by atoms with van der Waals surface area (Å²) in [5.74, 6) is -0.102. The summed E-state index contributed by atoms with van der Waals surface area (Å²) in [5, 5.41) is 23.9. The van der Waals surface area contributed by atoms with Gasteiger partial charge in [0.15, 0.2) is 0 Å². The van der Waals surface area contributed by atoms with Crippen molar-refractivity contribution in [2.45, 2.75) is 94.5 Å². The van der Waals surface area contributed by atoms with Crippen LogP contribution < -0.4 is 11.1 Å². The summed E-state index contributed by atoms with van der Waals surface area (Å²) in [7, 11) is 0. The molecule has 0 radical (unpaired) electrons. The molecule has 6 heteroatoms. The minimum absolute atomic E-state index is 0.133. The molecule has 0 aromatic heterocycles. The van der Waals surface area contributed by atoms with Crippen molar-refractivity contribution in [2.24, 2.45) is 17.6 Å². The van der Waals surface area contributed by atoms with E-state index in [1.54, 1.807) is 19.1 Å². The highest BCUT2D eigenvalue weighted by Crippen LogP contribution is 2.31. The first-order valence-corrected chi connectivity index (χ1v) is 15.0. The second-order valence-corrected chi connectivity index (χ2v) is 10.2. The SMILES string of the molecule is C=C(C)CNC(=C)C(N)Cc1cc(-c2ccc(O)c(CC(C)C(=O)OCC(C)C)c2)ccc1O.CC.CC.CCC. The quantitative estimate of drug-likeness (QED) is 0.152. The lowest BCUT2D eigenvalue weighted by Crippen LogP contribution is -2.33. The Kier molecular flexibility index (Phi) is 21.8. The van der Waals surface area contributed by atoms with Crippen LogP contribution in [0.5, 0.6) is 11.5 Å². The number of benzene rings is 2. The highest BCUT2D eigenvalue weighted by atomic mass is 16.5. The van der Waals surface area contributed by atoms with Crippen LogP contribution in [-0.4, -0.2) is 35.4 Å². The van der Waals surface area contributed by atoms with Gasteiger partial charge in [0.1, 0.15) is 11.5 Å². The Morgan fingerprint density at radius 1 is 0.902 bits per heavy atom. The van der Waals surface area contributed by atoms with Crippen LogP contribution in [0.15, 0.2) is 60.8 Å². The summed E-state index contributed by atoms with van der Waals surface area (Å²) >= 11 is 0. The molecule has 0 saturated heterocycles. The molecule has 232 valence electrons. The Hall–Kier alpha value is -3.25. The van der Waals surface area contributed by atoms with E-state index in [4.69, 9.17) is 10.5 Å². The van der Waals surface area contributed by atoms with Gasteiger partial charge in [0, 0.05) is 18.3 Å². The number of hydrogen-bond acceptors (Lipinski definition) is 6. The summed E-state index contributed by atoms with van der Waals surface area (Å²) in [4.78, 5) is 12.3. The fourth-order valence-corrected chi connectivity index (χ4v) is 3.42. The minimum atomic E-state index is -0.383. The van der Waals surface area contributed by atoms with Crippen molar-refractivity contribution >= 4 is 5.97 Å². The molecule has 2 rings (SSSR count). The summed E-state index contributed by atoms with van der Waals surface area (Å²) in [6.45, 7) is 28.8. The lowest BCUT2D eigenvalue weighted by Gasteiger charge is -2.18. The van der Waals surface area contributed by atoms with Crippen molar-refractivity contribution in [2.75, 3.05) is 13.2 Å². The summed E-state index contributed by atoms with van der Waals surface area (Å²) < 4.78 is 5.33. The van der Waals surface area contributed by atoms with Gasteiger partial charge in [-0.1, -0.05) is 99.6 Å². The second kappa shape index (κ2) is 22.4. The van der Waals surface area contributed by atoms with Crippen LogP contribution in [0.25, 0.3) is 11.1 Å². The number of nitrogens with two attached hydrogens (primary N) is 1. The lowest BCUT2D eigenvalue weighted by molar-refractivity contribution is -0.149. The maximum atomic E-state index is 12.3. The number of rotatable bonds is 12. The third kappa shape index (κ3) is 15.9. The zero-order chi connectivity index (χ0) is 32.1. The van der Waals surface area contributed by atoms with Crippen LogP contribution in [-0.2, 0) is 22.4 Å². The number of carbonyl (C=O) groups is 1. The summed E-state index contributed by atoms with van der Waals surface area (Å²) in [6, 6.07) is 10.3. The van der Waals surface area contributed by atoms with Gasteiger partial charge in [-0.15, -0.1) is 0 Å². The highest BCUT2D eigenvalue weighted by Gasteiger charge is 2.18. The number of carbonyl (C=O) groups excluding carboxylic acids is 1. The second-order valence-electron chi connectivity index (χ2n) is 10.2. The van der Waals surface area contributed by atoms with Crippen molar-refractivity contribution in [3.05, 3.63) is 72.0 Å². The third-order valence-electron chi connectivity index (χ3n) is 5.48. The molecule has 5 N–H and O–H groups in total. The van der Waals surface area contributed by atoms with Crippen molar-refractivity contribution in [3.8, 4) is 22.6 Å². The molecule has 0 aliphatic carbocycles. The Bertz CT molecular complexity index is 1050. The molecular formula is C35H58N2O4. The largest absolute Gasteiger partial charge is 0.508 e. The van der Waals surface area contributed by atoms with Gasteiger partial charge in [-0.25, -0.2) is 0 Å². The first-order valence-electron chi connectivity index (χ1n) is 15.0. The molecule has 2 aromatic carbocycles. The van der Waals surface area contributed by atoms with Gasteiger partial charge in [-0.3, -0.25) is 4.79 Å². The Morgan fingerprint density at radius 3 is 1.76 bits per heavy atom. The number of aromatic hydroxyl groups is 2. The molecule has 0 spiro atoms. The van der Waals surface area contributed by atoms with Crippen molar-refractivity contribution < 1.29 is 19.7 Å². The van der Waals surface area contributed by atoms with Gasteiger partial charge in [0.2, 0.25) is 0 Å². The van der Waals surface area contributed by atoms with Crippen LogP contribution in [0.1, 0.15) is 86.8 Å². The fraction of sp³-hybridized carbons (Fsp3) is 0.514. The third-order valence-corrected chi connectivity index (χ3v) is 5.48. The molecule has 0 heterocycles. The lowest BCUT2D eigenvalue weighted by atomic mass is 9.94. The van der Waals surface area contributed by atoms with Gasteiger partial charge in [0.25, 0.3) is 0 Å². The smallest absolute Gasteiger partial charge is 0.308 e. The van der Waals surface area contributed by atoms with Crippen molar-refractivity contribution in [1.82, 2.24) is 5.32 Å². The van der Waals surface area contributed by atoms with E-state index in [0.29, 0.717) is 42.8 Å². The summed E-state index contributed by atoms with van der Waals surface area (Å²) in [6.07, 6.45) is 2.02. The average Bonchev–Trinajstić information content (AvgIpc) is 2.95. The molecule has 0 aliphatic rings. The van der Waals surface area contributed by atoms with Crippen LogP contribution in [0, 0.1) is 11.8 Å². The van der Waals surface area contributed by atoms with Gasteiger partial charge in [0.05, 0.1) is 12.5 Å². The van der Waals surface area contributed by atoms with Crippen LogP contribution >= 0.6 is 0 Å². The Balaban J connectivity index is 0. The van der Waals surface area contributed by atoms with Gasteiger partial charge < -0.3 is 26.0 Å². The molecule has 0 bridgehead atoms. The number of esters is 1. The molecule has 2 atom stereocenters. The molecule has 0 aliphatic heterocycles. The number of phenolic OH excluding ortho intramolecular Hbond substituents is 2. The summed E-state index contributed by atoms with van der Waals surface area (Å²) in [5.41, 5.74) is 11.0. The Labute approximate surface area is 250 Å². The van der Waals surface area contributed by atoms with E-state index in [9.17, 15) is 15.0 Å². The molecule has 0 saturated carbocycles. The normalized spacial score (nSPS) is 11.3. The molecular weight excluding hydrogens is 512 g/mol. The molecule has 0 amide bonds. The highest BCUT2D eigenvalue weighted by molar-refractivity contribution is 5.73. The molecule has 2 aromatic rings. The molecule has 2 unspecified atom stereocenters. The first kappa shape index (κ1) is 39.9. The van der Waals surface area contributed by atoms with Crippen molar-refractivity contribution in [1.29, 1.82) is 0 Å². The van der Waals surface area contributed by atoms with E-state index in [1.807, 2.05) is 72.7 Å². The average molecular weight is 571 g/mol. The standard InChI is InChI=1S/C28H38N2O4.C3H8.2C2H6/c1-17(2)15-30-20(6)25(29)14-24-13-22(8-10-27(24)32)21-7-9-26(31)23(12-21)11-19(5)28(33)34-16-18(3)4;1-3-2;2*1-2/h7-10,12-13,18-19,25,30-32H,1,6,11,14-16,29H2,2-5H3;3H2,1-2H3;2*1-2H3. The van der Waals surface area contributed by atoms with Gasteiger partial charge in [-0.05, 0) is 72.2 Å². The van der Waals surface area contributed by atoms with Crippen molar-refractivity contribution in [3.63, 3.8) is 0 Å². The zero-order valence-electron chi connectivity index (χ0n) is 27.4. The van der Waals surface area contributed by atoms with E-state index in [-0.39, 0.29) is 35.3 Å².